The van der Waals surface area contributed by atoms with E-state index in [0.29, 0.717) is 17.0 Å². The van der Waals surface area contributed by atoms with Crippen molar-refractivity contribution in [3.63, 3.8) is 0 Å². The molecule has 1 aliphatic carbocycles. The fourth-order valence-electron chi connectivity index (χ4n) is 2.62. The first kappa shape index (κ1) is 16.0. The first-order valence-corrected chi connectivity index (χ1v) is 8.36. The predicted octanol–water partition coefficient (Wildman–Crippen LogP) is 4.07. The van der Waals surface area contributed by atoms with E-state index in [2.05, 4.69) is 8.38 Å². The molecule has 118 valence electrons. The first-order chi connectivity index (χ1) is 11.2. The van der Waals surface area contributed by atoms with Crippen LogP contribution in [0.3, 0.4) is 0 Å². The van der Waals surface area contributed by atoms with Crippen molar-refractivity contribution in [1.29, 1.82) is 0 Å². The summed E-state index contributed by atoms with van der Waals surface area (Å²) in [6, 6.07) is 16.6. The van der Waals surface area contributed by atoms with Crippen molar-refractivity contribution in [3.05, 3.63) is 71.3 Å². The maximum atomic E-state index is 12.6. The zero-order valence-electron chi connectivity index (χ0n) is 12.4. The summed E-state index contributed by atoms with van der Waals surface area (Å²) in [5.41, 5.74) is 1.95. The van der Waals surface area contributed by atoms with Crippen LogP contribution >= 0.6 is 23.0 Å². The smallest absolute Gasteiger partial charge is 0.347 e. The summed E-state index contributed by atoms with van der Waals surface area (Å²) in [5, 5.41) is 3.10. The molecule has 1 aliphatic rings. The van der Waals surface area contributed by atoms with Crippen molar-refractivity contribution in [2.75, 3.05) is 0 Å². The van der Waals surface area contributed by atoms with Crippen LogP contribution in [0, 0.1) is 5.92 Å². The largest absolute Gasteiger partial charge is 0.391 e. The SMILES string of the molecule is O=C(NC(c1ccccc1)C1CC1)c1cccc(C(=O)OI)c1. The van der Waals surface area contributed by atoms with Crippen molar-refractivity contribution < 1.29 is 12.7 Å². The molecule has 2 aromatic rings. The number of rotatable bonds is 5. The molecule has 0 aromatic heterocycles. The Balaban J connectivity index is 1.79. The van der Waals surface area contributed by atoms with E-state index in [1.54, 1.807) is 47.3 Å². The Bertz CT molecular complexity index is 713. The number of hydrogen-bond acceptors (Lipinski definition) is 3. The van der Waals surface area contributed by atoms with E-state index in [9.17, 15) is 9.59 Å². The Labute approximate surface area is 148 Å². The quantitative estimate of drug-likeness (QED) is 0.741. The maximum absolute atomic E-state index is 12.6. The van der Waals surface area contributed by atoms with Crippen molar-refractivity contribution in [3.8, 4) is 0 Å². The normalized spacial score (nSPS) is 14.8. The second kappa shape index (κ2) is 7.12. The van der Waals surface area contributed by atoms with Crippen LogP contribution in [0.25, 0.3) is 0 Å². The molecule has 23 heavy (non-hydrogen) atoms. The van der Waals surface area contributed by atoms with Crippen LogP contribution in [0.4, 0.5) is 0 Å². The lowest BCUT2D eigenvalue weighted by Crippen LogP contribution is -2.30. The van der Waals surface area contributed by atoms with E-state index < -0.39 is 5.97 Å². The Morgan fingerprint density at radius 1 is 1.04 bits per heavy atom. The van der Waals surface area contributed by atoms with Crippen molar-refractivity contribution >= 4 is 34.9 Å². The minimum Gasteiger partial charge on any atom is -0.391 e. The van der Waals surface area contributed by atoms with Gasteiger partial charge < -0.3 is 8.38 Å². The van der Waals surface area contributed by atoms with Gasteiger partial charge in [0, 0.05) is 5.56 Å². The number of benzene rings is 2. The van der Waals surface area contributed by atoms with E-state index >= 15 is 0 Å². The third kappa shape index (κ3) is 3.90. The van der Waals surface area contributed by atoms with Crippen LogP contribution in [0.1, 0.15) is 45.2 Å². The number of nitrogens with one attached hydrogen (secondary N) is 1. The third-order valence-corrected chi connectivity index (χ3v) is 4.37. The second-order valence-corrected chi connectivity index (χ2v) is 6.09. The summed E-state index contributed by atoms with van der Waals surface area (Å²) >= 11 is 1.54. The monoisotopic (exact) mass is 421 g/mol. The number of carbonyl (C=O) groups excluding carboxylic acids is 2. The molecule has 1 unspecified atom stereocenters. The first-order valence-electron chi connectivity index (χ1n) is 7.48. The molecule has 1 fully saturated rings. The van der Waals surface area contributed by atoms with E-state index in [-0.39, 0.29) is 11.9 Å². The average molecular weight is 421 g/mol. The molecule has 0 heterocycles. The van der Waals surface area contributed by atoms with Crippen molar-refractivity contribution in [1.82, 2.24) is 5.32 Å². The Morgan fingerprint density at radius 2 is 1.74 bits per heavy atom. The van der Waals surface area contributed by atoms with E-state index in [4.69, 9.17) is 0 Å². The molecular weight excluding hydrogens is 405 g/mol. The number of amides is 1. The maximum Gasteiger partial charge on any atom is 0.347 e. The molecule has 0 radical (unpaired) electrons. The predicted molar refractivity (Wildman–Crippen MR) is 95.3 cm³/mol. The lowest BCUT2D eigenvalue weighted by atomic mass is 10.0. The van der Waals surface area contributed by atoms with Crippen molar-refractivity contribution in [2.45, 2.75) is 18.9 Å². The van der Waals surface area contributed by atoms with E-state index in [1.165, 1.54) is 0 Å². The molecule has 1 atom stereocenters. The van der Waals surface area contributed by atoms with Gasteiger partial charge in [-0.3, -0.25) is 4.79 Å². The molecular formula is C18H16INO3. The molecule has 4 nitrogen and oxygen atoms in total. The van der Waals surface area contributed by atoms with Crippen LogP contribution in [-0.2, 0) is 3.07 Å². The van der Waals surface area contributed by atoms with Gasteiger partial charge in [0.1, 0.15) is 0 Å². The summed E-state index contributed by atoms with van der Waals surface area (Å²) in [5.74, 6) is -0.139. The summed E-state index contributed by atoms with van der Waals surface area (Å²) in [6.45, 7) is 0. The van der Waals surface area contributed by atoms with Gasteiger partial charge in [-0.15, -0.1) is 0 Å². The Kier molecular flexibility index (Phi) is 4.95. The Morgan fingerprint density at radius 3 is 2.39 bits per heavy atom. The summed E-state index contributed by atoms with van der Waals surface area (Å²) in [7, 11) is 0. The Hall–Kier alpha value is -1.89. The molecule has 1 amide bonds. The summed E-state index contributed by atoms with van der Waals surface area (Å²) in [6.07, 6.45) is 2.25. The van der Waals surface area contributed by atoms with E-state index in [0.717, 1.165) is 18.4 Å². The second-order valence-electron chi connectivity index (χ2n) is 5.64. The number of halogens is 1. The number of carbonyl (C=O) groups is 2. The van der Waals surface area contributed by atoms with Gasteiger partial charge in [0.05, 0.1) is 11.6 Å². The fraction of sp³-hybridized carbons (Fsp3) is 0.222. The van der Waals surface area contributed by atoms with Gasteiger partial charge in [-0.1, -0.05) is 36.4 Å². The lowest BCUT2D eigenvalue weighted by Gasteiger charge is -2.19. The molecule has 0 spiro atoms. The minimum absolute atomic E-state index is 0.0175. The summed E-state index contributed by atoms with van der Waals surface area (Å²) < 4.78 is 4.67. The molecule has 2 aromatic carbocycles. The zero-order valence-corrected chi connectivity index (χ0v) is 14.5. The molecule has 0 saturated heterocycles. The highest BCUT2D eigenvalue weighted by atomic mass is 127. The van der Waals surface area contributed by atoms with Gasteiger partial charge in [-0.2, -0.15) is 0 Å². The topological polar surface area (TPSA) is 55.4 Å². The van der Waals surface area contributed by atoms with Gasteiger partial charge in [0.25, 0.3) is 5.91 Å². The number of hydrogen-bond donors (Lipinski definition) is 1. The minimum atomic E-state index is -0.456. The zero-order chi connectivity index (χ0) is 16.2. The lowest BCUT2D eigenvalue weighted by molar-refractivity contribution is 0.0800. The standard InChI is InChI=1S/C18H16INO3/c19-23-18(22)15-8-4-7-14(11-15)17(21)20-16(13-9-10-13)12-5-2-1-3-6-12/h1-8,11,13,16H,9-10H2,(H,20,21). The summed E-state index contributed by atoms with van der Waals surface area (Å²) in [4.78, 5) is 24.1. The highest BCUT2D eigenvalue weighted by Crippen LogP contribution is 2.41. The average Bonchev–Trinajstić information content (AvgIpc) is 3.44. The van der Waals surface area contributed by atoms with Crippen LogP contribution in [-0.4, -0.2) is 11.9 Å². The third-order valence-electron chi connectivity index (χ3n) is 3.97. The molecule has 0 aliphatic heterocycles. The molecule has 5 heteroatoms. The van der Waals surface area contributed by atoms with Gasteiger partial charge in [0.2, 0.25) is 0 Å². The molecule has 0 bridgehead atoms. The van der Waals surface area contributed by atoms with Crippen LogP contribution in [0.5, 0.6) is 0 Å². The van der Waals surface area contributed by atoms with E-state index in [1.807, 2.05) is 30.3 Å². The fourth-order valence-corrected chi connectivity index (χ4v) is 2.87. The van der Waals surface area contributed by atoms with Crippen LogP contribution in [0.2, 0.25) is 0 Å². The van der Waals surface area contributed by atoms with Crippen LogP contribution in [0.15, 0.2) is 54.6 Å². The van der Waals surface area contributed by atoms with Gasteiger partial charge in [-0.25, -0.2) is 4.79 Å². The van der Waals surface area contributed by atoms with Crippen LogP contribution < -0.4 is 5.32 Å². The molecule has 3 rings (SSSR count). The molecule has 1 N–H and O–H groups in total. The van der Waals surface area contributed by atoms with Gasteiger partial charge >= 0.3 is 5.97 Å². The highest BCUT2D eigenvalue weighted by Gasteiger charge is 2.33. The van der Waals surface area contributed by atoms with Crippen molar-refractivity contribution in [2.24, 2.45) is 5.92 Å². The van der Waals surface area contributed by atoms with Gasteiger partial charge in [-0.05, 0) is 42.5 Å². The highest BCUT2D eigenvalue weighted by molar-refractivity contribution is 14.1. The molecule has 1 saturated carbocycles. The van der Waals surface area contributed by atoms with Gasteiger partial charge in [0.15, 0.2) is 23.0 Å².